The van der Waals surface area contributed by atoms with Crippen LogP contribution in [0, 0.1) is 5.92 Å². The molecule has 2 atom stereocenters. The standard InChI is InChI=1S/C16H23Cl2NO2/c1-4-12(5-2)15(18)10-19-16(20)11(3)21-14-8-6-7-13(17)9-14/h6-9,11-12,15H,4-5,10H2,1-3H3,(H,19,20). The van der Waals surface area contributed by atoms with Crippen molar-refractivity contribution < 1.29 is 9.53 Å². The summed E-state index contributed by atoms with van der Waals surface area (Å²) in [6.07, 6.45) is 1.43. The van der Waals surface area contributed by atoms with Gasteiger partial charge in [-0.05, 0) is 31.0 Å². The zero-order valence-electron chi connectivity index (χ0n) is 12.7. The first-order valence-corrected chi connectivity index (χ1v) is 8.13. The molecule has 0 saturated carbocycles. The number of alkyl halides is 1. The molecule has 1 amide bonds. The molecule has 0 spiro atoms. The van der Waals surface area contributed by atoms with Gasteiger partial charge in [-0.2, -0.15) is 0 Å². The second-order valence-corrected chi connectivity index (χ2v) is 6.05. The van der Waals surface area contributed by atoms with E-state index in [1.54, 1.807) is 31.2 Å². The Balaban J connectivity index is 2.44. The van der Waals surface area contributed by atoms with Gasteiger partial charge in [0.25, 0.3) is 5.91 Å². The van der Waals surface area contributed by atoms with E-state index in [4.69, 9.17) is 27.9 Å². The fraction of sp³-hybridized carbons (Fsp3) is 0.562. The van der Waals surface area contributed by atoms with Gasteiger partial charge in [-0.3, -0.25) is 4.79 Å². The van der Waals surface area contributed by atoms with Gasteiger partial charge in [0.05, 0.1) is 5.38 Å². The van der Waals surface area contributed by atoms with Gasteiger partial charge in [0.15, 0.2) is 6.10 Å². The van der Waals surface area contributed by atoms with Crippen LogP contribution in [0.1, 0.15) is 33.6 Å². The van der Waals surface area contributed by atoms with Crippen molar-refractivity contribution in [2.75, 3.05) is 6.54 Å². The lowest BCUT2D eigenvalue weighted by Crippen LogP contribution is -2.40. The fourth-order valence-corrected chi connectivity index (χ4v) is 2.72. The van der Waals surface area contributed by atoms with E-state index in [9.17, 15) is 4.79 Å². The number of carbonyl (C=O) groups is 1. The summed E-state index contributed by atoms with van der Waals surface area (Å²) in [4.78, 5) is 12.0. The zero-order chi connectivity index (χ0) is 15.8. The van der Waals surface area contributed by atoms with Crippen molar-refractivity contribution in [3.63, 3.8) is 0 Å². The quantitative estimate of drug-likeness (QED) is 0.722. The van der Waals surface area contributed by atoms with Gasteiger partial charge in [0.2, 0.25) is 0 Å². The Hall–Kier alpha value is -0.930. The number of halogens is 2. The van der Waals surface area contributed by atoms with Crippen LogP contribution < -0.4 is 10.1 Å². The van der Waals surface area contributed by atoms with Crippen LogP contribution in [0.3, 0.4) is 0 Å². The molecule has 0 radical (unpaired) electrons. The highest BCUT2D eigenvalue weighted by molar-refractivity contribution is 6.30. The lowest BCUT2D eigenvalue weighted by atomic mass is 9.99. The van der Waals surface area contributed by atoms with Crippen LogP contribution in [0.25, 0.3) is 0 Å². The van der Waals surface area contributed by atoms with Crippen LogP contribution in [0.15, 0.2) is 24.3 Å². The van der Waals surface area contributed by atoms with Crippen LogP contribution in [0.2, 0.25) is 5.02 Å². The summed E-state index contributed by atoms with van der Waals surface area (Å²) >= 11 is 12.2. The summed E-state index contributed by atoms with van der Waals surface area (Å²) in [5.41, 5.74) is 0. The number of amides is 1. The maximum atomic E-state index is 12.0. The molecule has 118 valence electrons. The van der Waals surface area contributed by atoms with Gasteiger partial charge in [-0.15, -0.1) is 11.6 Å². The zero-order valence-corrected chi connectivity index (χ0v) is 14.2. The minimum atomic E-state index is -0.589. The third kappa shape index (κ3) is 6.15. The van der Waals surface area contributed by atoms with Gasteiger partial charge in [-0.25, -0.2) is 0 Å². The lowest BCUT2D eigenvalue weighted by molar-refractivity contribution is -0.127. The molecule has 0 aliphatic rings. The molecule has 5 heteroatoms. The van der Waals surface area contributed by atoms with Crippen molar-refractivity contribution >= 4 is 29.1 Å². The molecule has 0 aliphatic heterocycles. The molecule has 0 fully saturated rings. The maximum Gasteiger partial charge on any atom is 0.260 e. The highest BCUT2D eigenvalue weighted by atomic mass is 35.5. The first kappa shape index (κ1) is 18.1. The largest absolute Gasteiger partial charge is 0.481 e. The molecule has 1 aromatic carbocycles. The smallest absolute Gasteiger partial charge is 0.260 e. The van der Waals surface area contributed by atoms with E-state index in [0.717, 1.165) is 12.8 Å². The SMILES string of the molecule is CCC(CC)C(Cl)CNC(=O)C(C)Oc1cccc(Cl)c1. The van der Waals surface area contributed by atoms with E-state index >= 15 is 0 Å². The maximum absolute atomic E-state index is 12.0. The Morgan fingerprint density at radius 1 is 1.33 bits per heavy atom. The first-order chi connectivity index (χ1) is 9.97. The summed E-state index contributed by atoms with van der Waals surface area (Å²) in [5, 5.41) is 3.36. The number of carbonyl (C=O) groups excluding carboxylic acids is 1. The predicted octanol–water partition coefficient (Wildman–Crippen LogP) is 4.27. The molecular weight excluding hydrogens is 309 g/mol. The molecule has 3 nitrogen and oxygen atoms in total. The van der Waals surface area contributed by atoms with Crippen molar-refractivity contribution in [1.29, 1.82) is 0 Å². The molecule has 2 unspecified atom stereocenters. The Morgan fingerprint density at radius 2 is 2.00 bits per heavy atom. The normalized spacial score (nSPS) is 13.8. The van der Waals surface area contributed by atoms with Gasteiger partial charge in [-0.1, -0.05) is 44.4 Å². The molecule has 0 saturated heterocycles. The topological polar surface area (TPSA) is 38.3 Å². The highest BCUT2D eigenvalue weighted by Crippen LogP contribution is 2.19. The third-order valence-corrected chi connectivity index (χ3v) is 4.26. The number of nitrogens with one attached hydrogen (secondary N) is 1. The minimum Gasteiger partial charge on any atom is -0.481 e. The summed E-state index contributed by atoms with van der Waals surface area (Å²) < 4.78 is 5.56. The molecule has 1 rings (SSSR count). The minimum absolute atomic E-state index is 0.0534. The number of benzene rings is 1. The van der Waals surface area contributed by atoms with E-state index < -0.39 is 6.10 Å². The summed E-state index contributed by atoms with van der Waals surface area (Å²) in [5.74, 6) is 0.815. The van der Waals surface area contributed by atoms with E-state index in [-0.39, 0.29) is 11.3 Å². The summed E-state index contributed by atoms with van der Waals surface area (Å²) in [7, 11) is 0. The summed E-state index contributed by atoms with van der Waals surface area (Å²) in [6, 6.07) is 6.99. The number of rotatable bonds is 8. The molecule has 0 aromatic heterocycles. The monoisotopic (exact) mass is 331 g/mol. The Morgan fingerprint density at radius 3 is 2.57 bits per heavy atom. The average Bonchev–Trinajstić information content (AvgIpc) is 2.46. The van der Waals surface area contributed by atoms with Crippen LogP contribution in [-0.4, -0.2) is 23.9 Å². The van der Waals surface area contributed by atoms with Gasteiger partial charge in [0, 0.05) is 11.6 Å². The van der Waals surface area contributed by atoms with Crippen LogP contribution in [0.5, 0.6) is 5.75 Å². The molecule has 21 heavy (non-hydrogen) atoms. The second-order valence-electron chi connectivity index (χ2n) is 5.06. The Kier molecular flexibility index (Phi) is 7.91. The molecule has 0 bridgehead atoms. The first-order valence-electron chi connectivity index (χ1n) is 7.31. The van der Waals surface area contributed by atoms with Crippen LogP contribution >= 0.6 is 23.2 Å². The summed E-state index contributed by atoms with van der Waals surface area (Å²) in [6.45, 7) is 6.37. The molecule has 1 N–H and O–H groups in total. The Bertz CT molecular complexity index is 450. The van der Waals surface area contributed by atoms with E-state index in [0.29, 0.717) is 23.2 Å². The number of hydrogen-bond acceptors (Lipinski definition) is 2. The van der Waals surface area contributed by atoms with E-state index in [1.807, 2.05) is 0 Å². The van der Waals surface area contributed by atoms with Crippen molar-refractivity contribution in [3.8, 4) is 5.75 Å². The number of hydrogen-bond donors (Lipinski definition) is 1. The molecular formula is C16H23Cl2NO2. The Labute approximate surface area is 137 Å². The van der Waals surface area contributed by atoms with Crippen molar-refractivity contribution in [3.05, 3.63) is 29.3 Å². The van der Waals surface area contributed by atoms with Crippen molar-refractivity contribution in [1.82, 2.24) is 5.32 Å². The highest BCUT2D eigenvalue weighted by Gasteiger charge is 2.19. The average molecular weight is 332 g/mol. The van der Waals surface area contributed by atoms with Crippen molar-refractivity contribution in [2.45, 2.75) is 45.1 Å². The van der Waals surface area contributed by atoms with Gasteiger partial charge in [0.1, 0.15) is 5.75 Å². The van der Waals surface area contributed by atoms with E-state index in [2.05, 4.69) is 19.2 Å². The molecule has 0 aliphatic carbocycles. The molecule has 1 aromatic rings. The second kappa shape index (κ2) is 9.16. The van der Waals surface area contributed by atoms with E-state index in [1.165, 1.54) is 0 Å². The van der Waals surface area contributed by atoms with Gasteiger partial charge < -0.3 is 10.1 Å². The third-order valence-electron chi connectivity index (χ3n) is 3.51. The van der Waals surface area contributed by atoms with Crippen LogP contribution in [0.4, 0.5) is 0 Å². The van der Waals surface area contributed by atoms with Crippen LogP contribution in [-0.2, 0) is 4.79 Å². The van der Waals surface area contributed by atoms with Gasteiger partial charge >= 0.3 is 0 Å². The predicted molar refractivity (Wildman–Crippen MR) is 88.3 cm³/mol. The fourth-order valence-electron chi connectivity index (χ4n) is 2.11. The van der Waals surface area contributed by atoms with Crippen molar-refractivity contribution in [2.24, 2.45) is 5.92 Å². The molecule has 0 heterocycles. The number of ether oxygens (including phenoxy) is 1. The lowest BCUT2D eigenvalue weighted by Gasteiger charge is -2.21.